The second-order valence-electron chi connectivity index (χ2n) is 5.36. The van der Waals surface area contributed by atoms with Crippen molar-refractivity contribution in [1.29, 1.82) is 0 Å². The van der Waals surface area contributed by atoms with Crippen LogP contribution in [-0.2, 0) is 7.05 Å². The minimum atomic E-state index is 0.365. The fourth-order valence-electron chi connectivity index (χ4n) is 2.50. The van der Waals surface area contributed by atoms with Crippen LogP contribution in [0.15, 0.2) is 11.6 Å². The number of aryl methyl sites for hydroxylation is 1. The molecule has 0 unspecified atom stereocenters. The molecule has 0 aliphatic heterocycles. The van der Waals surface area contributed by atoms with Gasteiger partial charge in [-0.05, 0) is 31.6 Å². The Morgan fingerprint density at radius 3 is 2.83 bits per heavy atom. The quantitative estimate of drug-likeness (QED) is 0.787. The monoisotopic (exact) mass is 248 g/mol. The van der Waals surface area contributed by atoms with Gasteiger partial charge in [0.1, 0.15) is 5.82 Å². The Morgan fingerprint density at radius 1 is 1.50 bits per heavy atom. The zero-order valence-corrected chi connectivity index (χ0v) is 11.7. The Morgan fingerprint density at radius 2 is 2.28 bits per heavy atom. The van der Waals surface area contributed by atoms with E-state index in [-0.39, 0.29) is 0 Å². The fraction of sp³-hybridized carbons (Fsp3) is 0.643. The third kappa shape index (κ3) is 2.68. The molecule has 1 aromatic heterocycles. The summed E-state index contributed by atoms with van der Waals surface area (Å²) in [6, 6.07) is 0. The van der Waals surface area contributed by atoms with E-state index in [2.05, 4.69) is 30.3 Å². The van der Waals surface area contributed by atoms with E-state index in [0.717, 1.165) is 30.2 Å². The molecule has 0 saturated heterocycles. The van der Waals surface area contributed by atoms with E-state index in [1.165, 1.54) is 19.3 Å². The molecule has 0 aromatic carbocycles. The second-order valence-corrected chi connectivity index (χ2v) is 5.36. The van der Waals surface area contributed by atoms with E-state index in [1.807, 2.05) is 11.7 Å². The lowest BCUT2D eigenvalue weighted by Crippen LogP contribution is -2.08. The van der Waals surface area contributed by atoms with Gasteiger partial charge in [-0.1, -0.05) is 25.5 Å². The number of hydrogen-bond donors (Lipinski definition) is 2. The van der Waals surface area contributed by atoms with Crippen LogP contribution < -0.4 is 11.1 Å². The molecule has 0 spiro atoms. The van der Waals surface area contributed by atoms with Crippen molar-refractivity contribution in [2.24, 2.45) is 7.05 Å². The molecule has 4 nitrogen and oxygen atoms in total. The van der Waals surface area contributed by atoms with Crippen LogP contribution >= 0.6 is 0 Å². The summed E-state index contributed by atoms with van der Waals surface area (Å²) >= 11 is 0. The van der Waals surface area contributed by atoms with Crippen LogP contribution in [0.2, 0.25) is 0 Å². The largest absolute Gasteiger partial charge is 0.394 e. The third-order valence-electron chi connectivity index (χ3n) is 3.53. The van der Waals surface area contributed by atoms with Crippen molar-refractivity contribution in [2.45, 2.75) is 45.4 Å². The third-order valence-corrected chi connectivity index (χ3v) is 3.53. The first-order valence-electron chi connectivity index (χ1n) is 6.83. The van der Waals surface area contributed by atoms with E-state index in [0.29, 0.717) is 5.92 Å². The van der Waals surface area contributed by atoms with Gasteiger partial charge in [-0.2, -0.15) is 5.10 Å². The van der Waals surface area contributed by atoms with Gasteiger partial charge in [-0.3, -0.25) is 4.68 Å². The topological polar surface area (TPSA) is 55.9 Å². The molecule has 0 saturated carbocycles. The average Bonchev–Trinajstić information content (AvgIpc) is 2.91. The minimum Gasteiger partial charge on any atom is -0.394 e. The average molecular weight is 248 g/mol. The highest BCUT2D eigenvalue weighted by Crippen LogP contribution is 2.28. The molecule has 3 N–H and O–H groups in total. The van der Waals surface area contributed by atoms with E-state index < -0.39 is 0 Å². The van der Waals surface area contributed by atoms with Gasteiger partial charge in [0.2, 0.25) is 0 Å². The minimum absolute atomic E-state index is 0.365. The van der Waals surface area contributed by atoms with Crippen LogP contribution in [0.3, 0.4) is 0 Å². The SMILES string of the molecule is CC(C)c1nn(C)c(NCCC2=CCCC2)c1N. The molecule has 18 heavy (non-hydrogen) atoms. The first-order valence-corrected chi connectivity index (χ1v) is 6.83. The van der Waals surface area contributed by atoms with E-state index in [4.69, 9.17) is 5.73 Å². The van der Waals surface area contributed by atoms with Crippen molar-refractivity contribution in [2.75, 3.05) is 17.6 Å². The molecule has 2 rings (SSSR count). The standard InChI is InChI=1S/C14H24N4/c1-10(2)13-12(15)14(18(3)17-13)16-9-8-11-6-4-5-7-11/h6,10,16H,4-5,7-9,15H2,1-3H3. The maximum Gasteiger partial charge on any atom is 0.147 e. The van der Waals surface area contributed by atoms with Crippen LogP contribution in [-0.4, -0.2) is 16.3 Å². The van der Waals surface area contributed by atoms with Crippen molar-refractivity contribution in [1.82, 2.24) is 9.78 Å². The molecular weight excluding hydrogens is 224 g/mol. The number of nitrogens with one attached hydrogen (secondary N) is 1. The number of hydrogen-bond acceptors (Lipinski definition) is 3. The highest BCUT2D eigenvalue weighted by atomic mass is 15.3. The molecule has 0 amide bonds. The van der Waals surface area contributed by atoms with E-state index in [1.54, 1.807) is 5.57 Å². The molecule has 1 aliphatic rings. The van der Waals surface area contributed by atoms with Gasteiger partial charge >= 0.3 is 0 Å². The normalized spacial score (nSPS) is 15.2. The molecule has 0 bridgehead atoms. The molecular formula is C14H24N4. The van der Waals surface area contributed by atoms with Crippen LogP contribution in [0.25, 0.3) is 0 Å². The molecule has 0 radical (unpaired) electrons. The van der Waals surface area contributed by atoms with E-state index >= 15 is 0 Å². The first kappa shape index (κ1) is 13.0. The lowest BCUT2D eigenvalue weighted by molar-refractivity contribution is 0.714. The lowest BCUT2D eigenvalue weighted by atomic mass is 10.1. The summed E-state index contributed by atoms with van der Waals surface area (Å²) in [7, 11) is 1.94. The molecule has 0 fully saturated rings. The van der Waals surface area contributed by atoms with Gasteiger partial charge in [0.25, 0.3) is 0 Å². The molecule has 1 heterocycles. The van der Waals surface area contributed by atoms with Crippen molar-refractivity contribution < 1.29 is 0 Å². The Kier molecular flexibility index (Phi) is 3.94. The summed E-state index contributed by atoms with van der Waals surface area (Å²) in [4.78, 5) is 0. The number of nitrogens with zero attached hydrogens (tertiary/aromatic N) is 2. The zero-order valence-electron chi connectivity index (χ0n) is 11.7. The summed E-state index contributed by atoms with van der Waals surface area (Å²) in [5.41, 5.74) is 9.50. The Bertz CT molecular complexity index is 443. The highest BCUT2D eigenvalue weighted by Gasteiger charge is 2.15. The lowest BCUT2D eigenvalue weighted by Gasteiger charge is -2.08. The zero-order chi connectivity index (χ0) is 13.1. The van der Waals surface area contributed by atoms with Gasteiger partial charge in [-0.25, -0.2) is 0 Å². The van der Waals surface area contributed by atoms with Crippen molar-refractivity contribution >= 4 is 11.5 Å². The van der Waals surface area contributed by atoms with Gasteiger partial charge in [0.05, 0.1) is 11.4 Å². The van der Waals surface area contributed by atoms with Crippen LogP contribution in [0.1, 0.15) is 51.1 Å². The maximum atomic E-state index is 6.14. The predicted molar refractivity (Wildman–Crippen MR) is 76.8 cm³/mol. The smallest absolute Gasteiger partial charge is 0.147 e. The van der Waals surface area contributed by atoms with Gasteiger partial charge in [0.15, 0.2) is 0 Å². The Labute approximate surface area is 109 Å². The summed E-state index contributed by atoms with van der Waals surface area (Å²) in [5.74, 6) is 1.32. The van der Waals surface area contributed by atoms with Gasteiger partial charge in [0, 0.05) is 13.6 Å². The number of aromatic nitrogens is 2. The summed E-state index contributed by atoms with van der Waals surface area (Å²) in [6.07, 6.45) is 7.32. The molecule has 100 valence electrons. The van der Waals surface area contributed by atoms with Crippen LogP contribution in [0.5, 0.6) is 0 Å². The van der Waals surface area contributed by atoms with Gasteiger partial charge < -0.3 is 11.1 Å². The summed E-state index contributed by atoms with van der Waals surface area (Å²) in [5, 5.41) is 7.89. The van der Waals surface area contributed by atoms with Crippen molar-refractivity contribution in [3.63, 3.8) is 0 Å². The number of nitrogens with two attached hydrogens (primary N) is 1. The summed E-state index contributed by atoms with van der Waals surface area (Å²) < 4.78 is 1.85. The van der Waals surface area contributed by atoms with E-state index in [9.17, 15) is 0 Å². The van der Waals surface area contributed by atoms with Crippen molar-refractivity contribution in [3.8, 4) is 0 Å². The maximum absolute atomic E-state index is 6.14. The second kappa shape index (κ2) is 5.46. The number of allylic oxidation sites excluding steroid dienone is 1. The predicted octanol–water partition coefficient (Wildman–Crippen LogP) is 3.04. The van der Waals surface area contributed by atoms with Gasteiger partial charge in [-0.15, -0.1) is 0 Å². The molecule has 4 heteroatoms. The Balaban J connectivity index is 1.96. The Hall–Kier alpha value is -1.45. The summed E-state index contributed by atoms with van der Waals surface area (Å²) in [6.45, 7) is 5.17. The fourth-order valence-corrected chi connectivity index (χ4v) is 2.50. The number of rotatable bonds is 5. The van der Waals surface area contributed by atoms with Crippen LogP contribution in [0, 0.1) is 0 Å². The van der Waals surface area contributed by atoms with Crippen LogP contribution in [0.4, 0.5) is 11.5 Å². The molecule has 0 atom stereocenters. The number of nitrogen functional groups attached to an aromatic ring is 1. The molecule has 1 aliphatic carbocycles. The highest BCUT2D eigenvalue weighted by molar-refractivity contribution is 5.65. The number of anilines is 2. The first-order chi connectivity index (χ1) is 8.59. The van der Waals surface area contributed by atoms with Crippen molar-refractivity contribution in [3.05, 3.63) is 17.3 Å². The molecule has 1 aromatic rings.